The lowest BCUT2D eigenvalue weighted by atomic mass is 9.77. The first-order valence-corrected chi connectivity index (χ1v) is 14.0. The molecule has 202 valence electrons. The number of rotatable bonds is 8. The average Bonchev–Trinajstić information content (AvgIpc) is 3.47. The number of hydrogen-bond acceptors (Lipinski definition) is 4. The molecule has 0 aromatic heterocycles. The van der Waals surface area contributed by atoms with Gasteiger partial charge in [0, 0.05) is 17.8 Å². The molecule has 6 heteroatoms. The molecule has 1 heterocycles. The summed E-state index contributed by atoms with van der Waals surface area (Å²) < 4.78 is 25.0. The second-order valence-electron chi connectivity index (χ2n) is 10.1. The molecule has 0 spiro atoms. The molecule has 3 atom stereocenters. The number of allylic oxidation sites excluding steroid dienone is 2. The fraction of sp³-hybridized carbons (Fsp3) is 0.206. The van der Waals surface area contributed by atoms with Crippen molar-refractivity contribution < 1.29 is 13.9 Å². The lowest BCUT2D eigenvalue weighted by Crippen LogP contribution is -2.28. The van der Waals surface area contributed by atoms with E-state index in [9.17, 15) is 4.39 Å². The van der Waals surface area contributed by atoms with Crippen LogP contribution in [0.1, 0.15) is 47.6 Å². The quantitative estimate of drug-likeness (QED) is 0.175. The number of aliphatic imine (C=N–C) groups is 1. The Bertz CT molecular complexity index is 1550. The van der Waals surface area contributed by atoms with E-state index in [2.05, 4.69) is 66.0 Å². The van der Waals surface area contributed by atoms with E-state index in [-0.39, 0.29) is 18.5 Å². The van der Waals surface area contributed by atoms with Crippen LogP contribution >= 0.6 is 11.6 Å². The zero-order chi connectivity index (χ0) is 27.5. The van der Waals surface area contributed by atoms with Crippen molar-refractivity contribution in [1.82, 2.24) is 0 Å². The monoisotopic (exact) mass is 552 g/mol. The van der Waals surface area contributed by atoms with Gasteiger partial charge in [-0.2, -0.15) is 0 Å². The van der Waals surface area contributed by atoms with Crippen molar-refractivity contribution in [1.29, 1.82) is 0 Å². The summed E-state index contributed by atoms with van der Waals surface area (Å²) in [6.45, 7) is 2.62. The average molecular weight is 553 g/mol. The number of benzene rings is 4. The van der Waals surface area contributed by atoms with Crippen LogP contribution in [0.2, 0.25) is 5.02 Å². The number of nitrogens with zero attached hydrogens (tertiary/aromatic N) is 1. The highest BCUT2D eigenvalue weighted by atomic mass is 35.5. The van der Waals surface area contributed by atoms with Crippen molar-refractivity contribution >= 4 is 29.2 Å². The smallest absolute Gasteiger partial charge is 0.180 e. The third-order valence-corrected chi connectivity index (χ3v) is 7.80. The predicted octanol–water partition coefficient (Wildman–Crippen LogP) is 9.03. The maximum Gasteiger partial charge on any atom is 0.180 e. The van der Waals surface area contributed by atoms with Crippen molar-refractivity contribution in [2.24, 2.45) is 10.9 Å². The zero-order valence-corrected chi connectivity index (χ0v) is 22.9. The van der Waals surface area contributed by atoms with E-state index in [1.807, 2.05) is 13.0 Å². The lowest BCUT2D eigenvalue weighted by Gasteiger charge is -2.37. The molecule has 0 amide bonds. The minimum absolute atomic E-state index is 0.249. The second kappa shape index (κ2) is 11.6. The number of para-hydroxylation sites is 1. The summed E-state index contributed by atoms with van der Waals surface area (Å²) in [7, 11) is 0. The Labute approximate surface area is 239 Å². The summed E-state index contributed by atoms with van der Waals surface area (Å²) in [4.78, 5) is 4.69. The van der Waals surface area contributed by atoms with Gasteiger partial charge >= 0.3 is 0 Å². The Kier molecular flexibility index (Phi) is 7.56. The summed E-state index contributed by atoms with van der Waals surface area (Å²) in [5.41, 5.74) is 6.35. The van der Waals surface area contributed by atoms with E-state index in [0.717, 1.165) is 23.2 Å². The van der Waals surface area contributed by atoms with Crippen LogP contribution in [0, 0.1) is 11.7 Å². The molecular weight excluding hydrogens is 523 g/mol. The predicted molar refractivity (Wildman–Crippen MR) is 160 cm³/mol. The van der Waals surface area contributed by atoms with Gasteiger partial charge in [-0.05, 0) is 84.0 Å². The van der Waals surface area contributed by atoms with Gasteiger partial charge in [-0.15, -0.1) is 0 Å². The van der Waals surface area contributed by atoms with Gasteiger partial charge in [0.15, 0.2) is 11.5 Å². The van der Waals surface area contributed by atoms with E-state index in [1.54, 1.807) is 24.4 Å². The zero-order valence-electron chi connectivity index (χ0n) is 22.2. The van der Waals surface area contributed by atoms with Crippen molar-refractivity contribution in [2.45, 2.75) is 31.9 Å². The number of anilines is 1. The highest BCUT2D eigenvalue weighted by Gasteiger charge is 2.37. The van der Waals surface area contributed by atoms with Gasteiger partial charge in [0.2, 0.25) is 0 Å². The normalized spacial score (nSPS) is 19.2. The number of halogens is 2. The number of nitrogens with one attached hydrogen (secondary N) is 1. The maximum absolute atomic E-state index is 13.2. The van der Waals surface area contributed by atoms with Crippen LogP contribution in [0.3, 0.4) is 0 Å². The molecular formula is C34H30ClFN2O2. The van der Waals surface area contributed by atoms with Crippen LogP contribution in [0.25, 0.3) is 0 Å². The van der Waals surface area contributed by atoms with Crippen molar-refractivity contribution in [3.63, 3.8) is 0 Å². The van der Waals surface area contributed by atoms with Gasteiger partial charge in [0.05, 0.1) is 23.4 Å². The van der Waals surface area contributed by atoms with Gasteiger partial charge in [-0.3, -0.25) is 4.99 Å². The molecule has 2 aliphatic rings. The van der Waals surface area contributed by atoms with E-state index in [1.165, 1.54) is 28.9 Å². The first-order chi connectivity index (χ1) is 19.6. The Balaban J connectivity index is 1.17. The van der Waals surface area contributed by atoms with Crippen LogP contribution in [0.15, 0.2) is 102 Å². The number of ether oxygens (including phenoxy) is 2. The molecule has 1 N–H and O–H groups in total. The summed E-state index contributed by atoms with van der Waals surface area (Å²) in [5, 5.41) is 4.20. The molecule has 0 bridgehead atoms. The molecule has 4 nitrogen and oxygen atoms in total. The molecule has 0 saturated carbocycles. The van der Waals surface area contributed by atoms with Crippen molar-refractivity contribution in [2.75, 3.05) is 11.9 Å². The second-order valence-corrected chi connectivity index (χ2v) is 10.5. The van der Waals surface area contributed by atoms with Gasteiger partial charge in [-0.25, -0.2) is 4.39 Å². The van der Waals surface area contributed by atoms with E-state index in [0.29, 0.717) is 35.0 Å². The third-order valence-electron chi connectivity index (χ3n) is 7.52. The maximum atomic E-state index is 13.2. The minimum Gasteiger partial charge on any atom is -0.490 e. The highest BCUT2D eigenvalue weighted by Crippen LogP contribution is 2.49. The van der Waals surface area contributed by atoms with Crippen molar-refractivity contribution in [3.05, 3.63) is 130 Å². The van der Waals surface area contributed by atoms with Crippen LogP contribution in [0.4, 0.5) is 15.8 Å². The molecule has 0 fully saturated rings. The number of fused-ring (bicyclic) bond motifs is 3. The summed E-state index contributed by atoms with van der Waals surface area (Å²) in [6.07, 6.45) is 7.52. The summed E-state index contributed by atoms with van der Waals surface area (Å²) in [6, 6.07) is 27.1. The first-order valence-electron chi connectivity index (χ1n) is 13.6. The van der Waals surface area contributed by atoms with E-state index >= 15 is 0 Å². The van der Waals surface area contributed by atoms with Crippen LogP contribution < -0.4 is 14.8 Å². The van der Waals surface area contributed by atoms with Crippen LogP contribution in [-0.4, -0.2) is 12.8 Å². The lowest BCUT2D eigenvalue weighted by molar-refractivity contribution is 0.269. The number of hydrogen-bond donors (Lipinski definition) is 1. The standard InChI is InChI=1S/C34H30ClFN2O2/c1-2-39-32-19-23(18-30(35)34(32)40-21-22-10-14-25(36)15-11-22)20-37-26-16-12-24(13-17-26)33-29-8-5-7-27(29)28-6-3-4-9-31(28)38-33/h3-7,9-20,27,29,33,38H,2,8,21H2,1H3/t27-,29-,33-/m0/s1. The molecule has 4 aromatic rings. The molecule has 4 aromatic carbocycles. The Hall–Kier alpha value is -4.09. The van der Waals surface area contributed by atoms with Gasteiger partial charge < -0.3 is 14.8 Å². The topological polar surface area (TPSA) is 42.8 Å². The van der Waals surface area contributed by atoms with E-state index in [4.69, 9.17) is 26.1 Å². The highest BCUT2D eigenvalue weighted by molar-refractivity contribution is 6.32. The van der Waals surface area contributed by atoms with Crippen LogP contribution in [-0.2, 0) is 6.61 Å². The molecule has 6 rings (SSSR count). The largest absolute Gasteiger partial charge is 0.490 e. The third kappa shape index (κ3) is 5.47. The van der Waals surface area contributed by atoms with Gasteiger partial charge in [-0.1, -0.05) is 66.2 Å². The Morgan fingerprint density at radius 3 is 2.60 bits per heavy atom. The SMILES string of the molecule is CCOc1cc(C=Nc2ccc([C@@H]3Nc4ccccc4[C@@H]4C=CC[C@@H]43)cc2)cc(Cl)c1OCc1ccc(F)cc1. The molecule has 0 radical (unpaired) electrons. The van der Waals surface area contributed by atoms with Gasteiger partial charge in [0.25, 0.3) is 0 Å². The van der Waals surface area contributed by atoms with Gasteiger partial charge in [0.1, 0.15) is 12.4 Å². The fourth-order valence-corrected chi connectivity index (χ4v) is 5.87. The molecule has 1 aliphatic heterocycles. The summed E-state index contributed by atoms with van der Waals surface area (Å²) >= 11 is 6.59. The summed E-state index contributed by atoms with van der Waals surface area (Å²) in [5.74, 6) is 1.67. The molecule has 40 heavy (non-hydrogen) atoms. The van der Waals surface area contributed by atoms with E-state index < -0.39 is 0 Å². The van der Waals surface area contributed by atoms with Crippen molar-refractivity contribution in [3.8, 4) is 11.5 Å². The molecule has 0 saturated heterocycles. The Morgan fingerprint density at radius 1 is 1.00 bits per heavy atom. The fourth-order valence-electron chi connectivity index (χ4n) is 5.59. The minimum atomic E-state index is -0.286. The Morgan fingerprint density at radius 2 is 1.80 bits per heavy atom. The molecule has 0 unspecified atom stereocenters. The first kappa shape index (κ1) is 26.1. The molecule has 1 aliphatic carbocycles. The van der Waals surface area contributed by atoms with Crippen LogP contribution in [0.5, 0.6) is 11.5 Å².